The van der Waals surface area contributed by atoms with E-state index in [-0.39, 0.29) is 0 Å². The number of anilines is 1. The maximum atomic E-state index is 12.5. The number of nitrogens with zero attached hydrogens (tertiary/aromatic N) is 1. The molecule has 1 aliphatic rings. The summed E-state index contributed by atoms with van der Waals surface area (Å²) in [6.07, 6.45) is 3.64. The summed E-state index contributed by atoms with van der Waals surface area (Å²) in [5.74, 6) is -1.22. The first kappa shape index (κ1) is 18.7. The third-order valence-electron chi connectivity index (χ3n) is 4.77. The van der Waals surface area contributed by atoms with E-state index in [1.54, 1.807) is 6.07 Å². The number of alkyl halides is 2. The van der Waals surface area contributed by atoms with Gasteiger partial charge in [0.2, 0.25) is 0 Å². The fourth-order valence-electron chi connectivity index (χ4n) is 3.48. The molecule has 0 unspecified atom stereocenters. The first-order chi connectivity index (χ1) is 13.7. The summed E-state index contributed by atoms with van der Waals surface area (Å²) in [4.78, 5) is 4.40. The molecule has 0 spiro atoms. The summed E-state index contributed by atoms with van der Waals surface area (Å²) in [6, 6.07) is 19.5. The Hall–Kier alpha value is -2.60. The predicted octanol–water partition coefficient (Wildman–Crippen LogP) is 5.83. The molecule has 1 aliphatic heterocycles. The zero-order chi connectivity index (χ0) is 19.3. The van der Waals surface area contributed by atoms with Crippen LogP contribution < -0.4 is 9.46 Å². The molecule has 1 N–H and O–H groups in total. The third kappa shape index (κ3) is 4.44. The van der Waals surface area contributed by atoms with Crippen LogP contribution >= 0.6 is 11.9 Å². The van der Waals surface area contributed by atoms with Crippen LogP contribution in [0.5, 0.6) is 5.75 Å². The van der Waals surface area contributed by atoms with Gasteiger partial charge in [0, 0.05) is 35.3 Å². The van der Waals surface area contributed by atoms with Gasteiger partial charge in [-0.25, -0.2) is 0 Å². The Labute approximate surface area is 167 Å². The Morgan fingerprint density at radius 1 is 1.11 bits per heavy atom. The van der Waals surface area contributed by atoms with Crippen molar-refractivity contribution in [1.82, 2.24) is 4.98 Å². The molecule has 1 atom stereocenters. The standard InChI is InChI=1S/C22H20F2N2OS/c23-22(24)28-26-20-7-2-1-6-19(20)16-8-9-17-11-15(14-27-21(17)13-16)12-18-5-3-4-10-25-18/h1-10,13,15,22,26H,11-12,14H2/t15-/m0/s1. The van der Waals surface area contributed by atoms with Crippen LogP contribution in [-0.2, 0) is 12.8 Å². The van der Waals surface area contributed by atoms with Crippen LogP contribution in [0.3, 0.4) is 0 Å². The van der Waals surface area contributed by atoms with Crippen LogP contribution in [0.25, 0.3) is 11.1 Å². The topological polar surface area (TPSA) is 34.1 Å². The minimum atomic E-state index is -2.48. The molecular weight excluding hydrogens is 378 g/mol. The molecule has 0 aliphatic carbocycles. The minimum Gasteiger partial charge on any atom is -0.493 e. The van der Waals surface area contributed by atoms with E-state index in [1.807, 2.05) is 54.7 Å². The van der Waals surface area contributed by atoms with Crippen molar-refractivity contribution in [2.45, 2.75) is 18.6 Å². The van der Waals surface area contributed by atoms with Gasteiger partial charge in [0.25, 0.3) is 0 Å². The van der Waals surface area contributed by atoms with Crippen molar-refractivity contribution in [2.75, 3.05) is 11.3 Å². The van der Waals surface area contributed by atoms with Crippen LogP contribution in [0.4, 0.5) is 14.5 Å². The number of nitrogens with one attached hydrogen (secondary N) is 1. The zero-order valence-corrected chi connectivity index (χ0v) is 16.0. The van der Waals surface area contributed by atoms with E-state index in [0.29, 0.717) is 30.2 Å². The van der Waals surface area contributed by atoms with Crippen molar-refractivity contribution >= 4 is 17.6 Å². The molecule has 28 heavy (non-hydrogen) atoms. The van der Waals surface area contributed by atoms with Gasteiger partial charge >= 0.3 is 5.76 Å². The average Bonchev–Trinajstić information content (AvgIpc) is 2.73. The molecule has 1 aromatic heterocycles. The smallest absolute Gasteiger partial charge is 0.302 e. The maximum Gasteiger partial charge on any atom is 0.302 e. The van der Waals surface area contributed by atoms with Crippen molar-refractivity contribution in [3.8, 4) is 16.9 Å². The van der Waals surface area contributed by atoms with E-state index < -0.39 is 5.76 Å². The molecule has 144 valence electrons. The summed E-state index contributed by atoms with van der Waals surface area (Å²) >= 11 is 0.403. The largest absolute Gasteiger partial charge is 0.493 e. The minimum absolute atomic E-state index is 0.393. The van der Waals surface area contributed by atoms with Crippen LogP contribution in [0.1, 0.15) is 11.3 Å². The number of fused-ring (bicyclic) bond motifs is 1. The number of para-hydroxylation sites is 1. The maximum absolute atomic E-state index is 12.5. The number of hydrogen-bond acceptors (Lipinski definition) is 4. The highest BCUT2D eigenvalue weighted by atomic mass is 32.2. The zero-order valence-electron chi connectivity index (χ0n) is 15.1. The molecule has 2 heterocycles. The summed E-state index contributed by atoms with van der Waals surface area (Å²) in [5.41, 5.74) is 4.73. The molecule has 3 aromatic rings. The lowest BCUT2D eigenvalue weighted by Crippen LogP contribution is -2.23. The molecule has 0 fully saturated rings. The molecule has 3 nitrogen and oxygen atoms in total. The molecule has 0 radical (unpaired) electrons. The van der Waals surface area contributed by atoms with Gasteiger partial charge in [-0.2, -0.15) is 8.78 Å². The summed E-state index contributed by atoms with van der Waals surface area (Å²) < 4.78 is 33.9. The summed E-state index contributed by atoms with van der Waals surface area (Å²) in [7, 11) is 0. The summed E-state index contributed by atoms with van der Waals surface area (Å²) in [6.45, 7) is 0.647. The molecule has 6 heteroatoms. The highest BCUT2D eigenvalue weighted by Crippen LogP contribution is 2.36. The lowest BCUT2D eigenvalue weighted by atomic mass is 9.91. The van der Waals surface area contributed by atoms with E-state index in [4.69, 9.17) is 4.74 Å². The summed E-state index contributed by atoms with van der Waals surface area (Å²) in [5, 5.41) is 0. The lowest BCUT2D eigenvalue weighted by molar-refractivity contribution is 0.220. The fraction of sp³-hybridized carbons (Fsp3) is 0.227. The van der Waals surface area contributed by atoms with E-state index in [9.17, 15) is 8.78 Å². The van der Waals surface area contributed by atoms with Gasteiger partial charge in [0.05, 0.1) is 12.3 Å². The Morgan fingerprint density at radius 2 is 1.96 bits per heavy atom. The van der Waals surface area contributed by atoms with Gasteiger partial charge in [0.15, 0.2) is 0 Å². The molecule has 2 aromatic carbocycles. The molecule has 0 saturated heterocycles. The van der Waals surface area contributed by atoms with Gasteiger partial charge < -0.3 is 9.46 Å². The van der Waals surface area contributed by atoms with Crippen molar-refractivity contribution in [2.24, 2.45) is 5.92 Å². The monoisotopic (exact) mass is 398 g/mol. The van der Waals surface area contributed by atoms with Crippen molar-refractivity contribution in [3.63, 3.8) is 0 Å². The second-order valence-corrected chi connectivity index (χ2v) is 7.55. The number of pyridine rings is 1. The predicted molar refractivity (Wildman–Crippen MR) is 110 cm³/mol. The Balaban J connectivity index is 1.52. The van der Waals surface area contributed by atoms with Gasteiger partial charge in [-0.3, -0.25) is 4.98 Å². The van der Waals surface area contributed by atoms with Gasteiger partial charge in [-0.05, 0) is 48.2 Å². The van der Waals surface area contributed by atoms with Gasteiger partial charge in [-0.15, -0.1) is 0 Å². The van der Waals surface area contributed by atoms with Gasteiger partial charge in [-0.1, -0.05) is 36.4 Å². The highest BCUT2D eigenvalue weighted by Gasteiger charge is 2.21. The third-order valence-corrected chi connectivity index (χ3v) is 5.29. The number of hydrogen-bond donors (Lipinski definition) is 1. The van der Waals surface area contributed by atoms with E-state index in [1.165, 1.54) is 5.56 Å². The second kappa shape index (κ2) is 8.61. The Morgan fingerprint density at radius 3 is 2.79 bits per heavy atom. The Kier molecular flexibility index (Phi) is 5.76. The second-order valence-electron chi connectivity index (χ2n) is 6.76. The van der Waals surface area contributed by atoms with Crippen LogP contribution in [0, 0.1) is 5.92 Å². The van der Waals surface area contributed by atoms with Crippen molar-refractivity contribution < 1.29 is 13.5 Å². The van der Waals surface area contributed by atoms with Gasteiger partial charge in [0.1, 0.15) is 5.75 Å². The number of aromatic nitrogens is 1. The first-order valence-corrected chi connectivity index (χ1v) is 10.0. The van der Waals surface area contributed by atoms with Crippen LogP contribution in [0.2, 0.25) is 0 Å². The highest BCUT2D eigenvalue weighted by molar-refractivity contribution is 8.00. The lowest BCUT2D eigenvalue weighted by Gasteiger charge is -2.26. The molecule has 4 rings (SSSR count). The fourth-order valence-corrected chi connectivity index (χ4v) is 3.87. The van der Waals surface area contributed by atoms with E-state index in [0.717, 1.165) is 35.4 Å². The SMILES string of the molecule is FC(F)SNc1ccccc1-c1ccc2c(c1)OC[C@H](Cc1ccccn1)C2. The number of ether oxygens (including phenoxy) is 1. The van der Waals surface area contributed by atoms with E-state index in [2.05, 4.69) is 15.8 Å². The van der Waals surface area contributed by atoms with Crippen LogP contribution in [0.15, 0.2) is 66.9 Å². The average molecular weight is 398 g/mol. The first-order valence-electron chi connectivity index (χ1n) is 9.14. The molecule has 0 bridgehead atoms. The molecule has 0 saturated carbocycles. The normalized spacial score (nSPS) is 15.8. The van der Waals surface area contributed by atoms with Crippen molar-refractivity contribution in [1.29, 1.82) is 0 Å². The number of benzene rings is 2. The molecule has 0 amide bonds. The Bertz CT molecular complexity index is 937. The number of halogens is 2. The van der Waals surface area contributed by atoms with E-state index >= 15 is 0 Å². The quantitative estimate of drug-likeness (QED) is 0.530. The van der Waals surface area contributed by atoms with Crippen LogP contribution in [-0.4, -0.2) is 17.3 Å². The number of rotatable bonds is 6. The molecular formula is C22H20F2N2OS. The van der Waals surface area contributed by atoms with Crippen molar-refractivity contribution in [3.05, 3.63) is 78.1 Å².